The van der Waals surface area contributed by atoms with Gasteiger partial charge in [-0.3, -0.25) is 4.40 Å². The van der Waals surface area contributed by atoms with Crippen LogP contribution in [0.25, 0.3) is 5.65 Å². The Bertz CT molecular complexity index is 398. The van der Waals surface area contributed by atoms with Gasteiger partial charge in [-0.25, -0.2) is 4.98 Å². The van der Waals surface area contributed by atoms with Crippen LogP contribution in [0.5, 0.6) is 0 Å². The van der Waals surface area contributed by atoms with Gasteiger partial charge in [-0.2, -0.15) is 0 Å². The Balaban J connectivity index is 2.91. The normalized spacial score (nSPS) is 10.7. The van der Waals surface area contributed by atoms with Gasteiger partial charge < -0.3 is 0 Å². The van der Waals surface area contributed by atoms with Crippen LogP contribution in [0.4, 0.5) is 0 Å². The molecule has 0 aliphatic rings. The maximum Gasteiger partial charge on any atom is 0.193 e. The summed E-state index contributed by atoms with van der Waals surface area (Å²) < 4.78 is 2.29. The molecule has 0 fully saturated rings. The average molecular weight is 233 g/mol. The van der Waals surface area contributed by atoms with Gasteiger partial charge in [-0.15, -0.1) is 10.2 Å². The van der Waals surface area contributed by atoms with Crippen molar-refractivity contribution >= 4 is 33.2 Å². The van der Waals surface area contributed by atoms with Crippen molar-refractivity contribution in [2.75, 3.05) is 0 Å². The van der Waals surface area contributed by atoms with E-state index in [0.717, 1.165) is 0 Å². The molecule has 0 aliphatic carbocycles. The zero-order valence-corrected chi connectivity index (χ0v) is 7.54. The smallest absolute Gasteiger partial charge is 0.193 e. The van der Waals surface area contributed by atoms with Crippen molar-refractivity contribution in [1.82, 2.24) is 19.6 Å². The maximum absolute atomic E-state index is 5.66. The minimum atomic E-state index is 0.407. The third kappa shape index (κ3) is 1.10. The largest absolute Gasteiger partial charge is 0.284 e. The Hall–Kier alpha value is -0.680. The summed E-state index contributed by atoms with van der Waals surface area (Å²) in [5, 5.41) is 7.90. The molecule has 2 heterocycles. The summed E-state index contributed by atoms with van der Waals surface area (Å²) in [5.74, 6) is 0. The van der Waals surface area contributed by atoms with Crippen LogP contribution in [0.3, 0.4) is 0 Å². The van der Waals surface area contributed by atoms with Crippen molar-refractivity contribution in [2.45, 2.75) is 0 Å². The van der Waals surface area contributed by atoms with Gasteiger partial charge in [0.2, 0.25) is 0 Å². The third-order valence-corrected chi connectivity index (χ3v) is 1.92. The number of fused-ring (bicyclic) bond motifs is 1. The molecule has 0 spiro atoms. The summed E-state index contributed by atoms with van der Waals surface area (Å²) >= 11 is 8.87. The minimum Gasteiger partial charge on any atom is -0.284 e. The fourth-order valence-electron chi connectivity index (χ4n) is 0.772. The van der Waals surface area contributed by atoms with Crippen molar-refractivity contribution in [3.8, 4) is 0 Å². The molecule has 0 radical (unpaired) electrons. The number of halogens is 2. The SMILES string of the molecule is Clc1cn2cnnc2c(Br)n1. The van der Waals surface area contributed by atoms with Crippen molar-refractivity contribution in [3.63, 3.8) is 0 Å². The Morgan fingerprint density at radius 1 is 1.55 bits per heavy atom. The fraction of sp³-hybridized carbons (Fsp3) is 0. The molecule has 2 rings (SSSR count). The Labute approximate surface area is 75.3 Å². The van der Waals surface area contributed by atoms with E-state index in [0.29, 0.717) is 15.4 Å². The zero-order chi connectivity index (χ0) is 7.84. The summed E-state index contributed by atoms with van der Waals surface area (Å²) in [7, 11) is 0. The minimum absolute atomic E-state index is 0.407. The quantitative estimate of drug-likeness (QED) is 0.693. The Morgan fingerprint density at radius 2 is 2.36 bits per heavy atom. The van der Waals surface area contributed by atoms with Crippen LogP contribution in [-0.2, 0) is 0 Å². The number of rotatable bonds is 0. The number of nitrogens with zero attached hydrogens (tertiary/aromatic N) is 4. The van der Waals surface area contributed by atoms with Gasteiger partial charge in [0.15, 0.2) is 10.3 Å². The van der Waals surface area contributed by atoms with E-state index in [9.17, 15) is 0 Å². The maximum atomic E-state index is 5.66. The van der Waals surface area contributed by atoms with E-state index >= 15 is 0 Å². The highest BCUT2D eigenvalue weighted by molar-refractivity contribution is 9.10. The molecule has 0 saturated carbocycles. The van der Waals surface area contributed by atoms with Crippen molar-refractivity contribution in [1.29, 1.82) is 0 Å². The van der Waals surface area contributed by atoms with Crippen LogP contribution in [0.2, 0.25) is 5.15 Å². The molecule has 0 saturated heterocycles. The molecule has 0 aromatic carbocycles. The van der Waals surface area contributed by atoms with Crippen molar-refractivity contribution in [2.24, 2.45) is 0 Å². The Morgan fingerprint density at radius 3 is 3.18 bits per heavy atom. The highest BCUT2D eigenvalue weighted by atomic mass is 79.9. The molecule has 56 valence electrons. The van der Waals surface area contributed by atoms with Gasteiger partial charge in [-0.1, -0.05) is 11.6 Å². The van der Waals surface area contributed by atoms with E-state index in [1.807, 2.05) is 0 Å². The average Bonchev–Trinajstić information content (AvgIpc) is 2.34. The predicted octanol–water partition coefficient (Wildman–Crippen LogP) is 1.54. The molecule has 2 aromatic rings. The second kappa shape index (κ2) is 2.42. The first kappa shape index (κ1) is 7.00. The van der Waals surface area contributed by atoms with Crippen LogP contribution in [-0.4, -0.2) is 19.6 Å². The van der Waals surface area contributed by atoms with Gasteiger partial charge >= 0.3 is 0 Å². The van der Waals surface area contributed by atoms with E-state index in [-0.39, 0.29) is 0 Å². The highest BCUT2D eigenvalue weighted by Crippen LogP contribution is 2.15. The number of aromatic nitrogens is 4. The molecule has 0 aliphatic heterocycles. The molecule has 6 heteroatoms. The number of hydrogen-bond donors (Lipinski definition) is 0. The second-order valence-corrected chi connectivity index (χ2v) is 3.05. The molecular weight excluding hydrogens is 231 g/mol. The first-order chi connectivity index (χ1) is 5.27. The first-order valence-corrected chi connectivity index (χ1v) is 3.96. The van der Waals surface area contributed by atoms with Gasteiger partial charge in [0.25, 0.3) is 0 Å². The first-order valence-electron chi connectivity index (χ1n) is 2.79. The standard InChI is InChI=1S/C5H2BrClN4/c6-4-5-10-8-2-11(5)1-3(7)9-4/h1-2H. The van der Waals surface area contributed by atoms with Gasteiger partial charge in [0.1, 0.15) is 11.5 Å². The molecule has 11 heavy (non-hydrogen) atoms. The van der Waals surface area contributed by atoms with E-state index in [1.54, 1.807) is 16.9 Å². The fourth-order valence-corrected chi connectivity index (χ4v) is 1.54. The third-order valence-electron chi connectivity index (χ3n) is 1.21. The van der Waals surface area contributed by atoms with Crippen LogP contribution < -0.4 is 0 Å². The van der Waals surface area contributed by atoms with E-state index in [4.69, 9.17) is 11.6 Å². The molecule has 2 aromatic heterocycles. The van der Waals surface area contributed by atoms with Gasteiger partial charge in [0, 0.05) is 6.20 Å². The lowest BCUT2D eigenvalue weighted by atomic mass is 10.7. The Kier molecular flexibility index (Phi) is 1.54. The highest BCUT2D eigenvalue weighted by Gasteiger charge is 2.02. The molecule has 0 amide bonds. The lowest BCUT2D eigenvalue weighted by Crippen LogP contribution is -1.87. The van der Waals surface area contributed by atoms with Crippen LogP contribution in [0, 0.1) is 0 Å². The van der Waals surface area contributed by atoms with E-state index < -0.39 is 0 Å². The number of hydrogen-bond acceptors (Lipinski definition) is 3. The van der Waals surface area contributed by atoms with Crippen molar-refractivity contribution < 1.29 is 0 Å². The van der Waals surface area contributed by atoms with Gasteiger partial charge in [0.05, 0.1) is 0 Å². The summed E-state index contributed by atoms with van der Waals surface area (Å²) in [4.78, 5) is 3.93. The summed E-state index contributed by atoms with van der Waals surface area (Å²) in [6.07, 6.45) is 3.20. The summed E-state index contributed by atoms with van der Waals surface area (Å²) in [6.45, 7) is 0. The molecule has 0 atom stereocenters. The lowest BCUT2D eigenvalue weighted by Gasteiger charge is -1.93. The zero-order valence-electron chi connectivity index (χ0n) is 5.20. The monoisotopic (exact) mass is 232 g/mol. The molecule has 4 nitrogen and oxygen atoms in total. The lowest BCUT2D eigenvalue weighted by molar-refractivity contribution is 1.10. The van der Waals surface area contributed by atoms with E-state index in [2.05, 4.69) is 31.1 Å². The molecule has 0 N–H and O–H groups in total. The van der Waals surface area contributed by atoms with Crippen LogP contribution in [0.15, 0.2) is 17.1 Å². The molecule has 0 bridgehead atoms. The van der Waals surface area contributed by atoms with Crippen LogP contribution in [0.1, 0.15) is 0 Å². The van der Waals surface area contributed by atoms with Crippen molar-refractivity contribution in [3.05, 3.63) is 22.3 Å². The molecule has 0 unspecified atom stereocenters. The van der Waals surface area contributed by atoms with Crippen LogP contribution >= 0.6 is 27.5 Å². The predicted molar refractivity (Wildman–Crippen MR) is 43.5 cm³/mol. The summed E-state index contributed by atoms with van der Waals surface area (Å²) in [6, 6.07) is 0. The topological polar surface area (TPSA) is 43.1 Å². The van der Waals surface area contributed by atoms with Gasteiger partial charge in [-0.05, 0) is 15.9 Å². The summed E-state index contributed by atoms with van der Waals surface area (Å²) in [5.41, 5.74) is 0.661. The second-order valence-electron chi connectivity index (χ2n) is 1.92. The van der Waals surface area contributed by atoms with E-state index in [1.165, 1.54) is 0 Å². The molecular formula is C5H2BrClN4.